The molecule has 19 heavy (non-hydrogen) atoms. The first-order chi connectivity index (χ1) is 9.15. The van der Waals surface area contributed by atoms with Crippen LogP contribution in [-0.2, 0) is 13.1 Å². The van der Waals surface area contributed by atoms with Gasteiger partial charge in [-0.1, -0.05) is 6.07 Å². The fourth-order valence-corrected chi connectivity index (χ4v) is 2.30. The highest BCUT2D eigenvalue weighted by Gasteiger charge is 2.25. The van der Waals surface area contributed by atoms with Crippen molar-refractivity contribution in [1.29, 1.82) is 0 Å². The van der Waals surface area contributed by atoms with Crippen LogP contribution in [0.3, 0.4) is 0 Å². The van der Waals surface area contributed by atoms with Crippen molar-refractivity contribution in [2.24, 2.45) is 0 Å². The monoisotopic (exact) mass is 255 g/mol. The van der Waals surface area contributed by atoms with E-state index in [2.05, 4.69) is 4.98 Å². The maximum Gasteiger partial charge on any atom is 0.258 e. The van der Waals surface area contributed by atoms with Gasteiger partial charge in [-0.15, -0.1) is 0 Å². The summed E-state index contributed by atoms with van der Waals surface area (Å²) < 4.78 is 0. The molecule has 2 heterocycles. The number of hydrogen-bond acceptors (Lipinski definition) is 4. The molecule has 1 aliphatic rings. The van der Waals surface area contributed by atoms with E-state index in [1.54, 1.807) is 4.90 Å². The van der Waals surface area contributed by atoms with Crippen LogP contribution in [0.2, 0.25) is 0 Å². The molecule has 1 aromatic heterocycles. The zero-order valence-corrected chi connectivity index (χ0v) is 10.2. The summed E-state index contributed by atoms with van der Waals surface area (Å²) in [6.45, 7) is 1.05. The number of amides is 1. The zero-order chi connectivity index (χ0) is 13.4. The Morgan fingerprint density at radius 3 is 2.84 bits per heavy atom. The van der Waals surface area contributed by atoms with Gasteiger partial charge < -0.3 is 15.7 Å². The SMILES string of the molecule is Nc1ccc2c(c1)CN(C(=O)c1ccncc1O)C2. The molecule has 0 radical (unpaired) electrons. The Morgan fingerprint density at radius 2 is 2.05 bits per heavy atom. The molecule has 1 aromatic carbocycles. The Balaban J connectivity index is 1.87. The second kappa shape index (κ2) is 4.28. The molecule has 0 saturated heterocycles. The number of hydrogen-bond donors (Lipinski definition) is 2. The lowest BCUT2D eigenvalue weighted by molar-refractivity contribution is 0.0748. The molecule has 2 aromatic rings. The minimum Gasteiger partial charge on any atom is -0.505 e. The zero-order valence-electron chi connectivity index (χ0n) is 10.2. The molecule has 1 amide bonds. The number of pyridine rings is 1. The highest BCUT2D eigenvalue weighted by molar-refractivity contribution is 5.96. The van der Waals surface area contributed by atoms with Crippen molar-refractivity contribution in [3.8, 4) is 5.75 Å². The number of anilines is 1. The van der Waals surface area contributed by atoms with E-state index in [0.717, 1.165) is 11.1 Å². The molecule has 0 unspecified atom stereocenters. The summed E-state index contributed by atoms with van der Waals surface area (Å²) in [6, 6.07) is 7.17. The molecule has 5 heteroatoms. The van der Waals surface area contributed by atoms with E-state index in [-0.39, 0.29) is 17.2 Å². The molecular formula is C14H13N3O2. The van der Waals surface area contributed by atoms with Gasteiger partial charge in [0.15, 0.2) is 0 Å². The summed E-state index contributed by atoms with van der Waals surface area (Å²) in [5.41, 5.74) is 8.85. The maximum atomic E-state index is 12.3. The van der Waals surface area contributed by atoms with Crippen molar-refractivity contribution in [2.75, 3.05) is 5.73 Å². The lowest BCUT2D eigenvalue weighted by Gasteiger charge is -2.15. The summed E-state index contributed by atoms with van der Waals surface area (Å²) in [5, 5.41) is 9.67. The van der Waals surface area contributed by atoms with E-state index in [9.17, 15) is 9.90 Å². The molecule has 1 aliphatic heterocycles. The van der Waals surface area contributed by atoms with Crippen molar-refractivity contribution >= 4 is 11.6 Å². The van der Waals surface area contributed by atoms with Gasteiger partial charge >= 0.3 is 0 Å². The average molecular weight is 255 g/mol. The lowest BCUT2D eigenvalue weighted by atomic mass is 10.1. The molecule has 96 valence electrons. The Kier molecular flexibility index (Phi) is 2.59. The summed E-state index contributed by atoms with van der Waals surface area (Å²) in [5.74, 6) is -0.294. The summed E-state index contributed by atoms with van der Waals surface area (Å²) in [6.07, 6.45) is 2.77. The lowest BCUT2D eigenvalue weighted by Crippen LogP contribution is -2.25. The molecule has 3 rings (SSSR count). The van der Waals surface area contributed by atoms with Gasteiger partial charge in [0.25, 0.3) is 5.91 Å². The number of carbonyl (C=O) groups is 1. The van der Waals surface area contributed by atoms with E-state index in [0.29, 0.717) is 18.8 Å². The van der Waals surface area contributed by atoms with Crippen LogP contribution < -0.4 is 5.73 Å². The van der Waals surface area contributed by atoms with Crippen molar-refractivity contribution in [3.05, 3.63) is 53.3 Å². The minimum atomic E-state index is -0.199. The van der Waals surface area contributed by atoms with Crippen LogP contribution in [0.5, 0.6) is 5.75 Å². The van der Waals surface area contributed by atoms with E-state index in [4.69, 9.17) is 5.73 Å². The van der Waals surface area contributed by atoms with Crippen LogP contribution >= 0.6 is 0 Å². The number of carbonyl (C=O) groups excluding carboxylic acids is 1. The van der Waals surface area contributed by atoms with E-state index >= 15 is 0 Å². The summed E-state index contributed by atoms with van der Waals surface area (Å²) in [7, 11) is 0. The first-order valence-corrected chi connectivity index (χ1v) is 5.94. The number of aromatic nitrogens is 1. The number of nitrogens with two attached hydrogens (primary N) is 1. The molecule has 3 N–H and O–H groups in total. The van der Waals surface area contributed by atoms with Crippen molar-refractivity contribution in [3.63, 3.8) is 0 Å². The van der Waals surface area contributed by atoms with Gasteiger partial charge in [-0.25, -0.2) is 0 Å². The van der Waals surface area contributed by atoms with Gasteiger partial charge in [-0.2, -0.15) is 0 Å². The molecule has 0 saturated carbocycles. The van der Waals surface area contributed by atoms with Crippen molar-refractivity contribution in [2.45, 2.75) is 13.1 Å². The van der Waals surface area contributed by atoms with E-state index in [1.165, 1.54) is 18.5 Å². The van der Waals surface area contributed by atoms with Crippen LogP contribution in [0, 0.1) is 0 Å². The Bertz CT molecular complexity index is 655. The number of nitrogen functional groups attached to an aromatic ring is 1. The molecule has 0 atom stereocenters. The van der Waals surface area contributed by atoms with Crippen LogP contribution in [0.1, 0.15) is 21.5 Å². The van der Waals surface area contributed by atoms with Crippen LogP contribution in [0.25, 0.3) is 0 Å². The highest BCUT2D eigenvalue weighted by atomic mass is 16.3. The standard InChI is InChI=1S/C14H13N3O2/c15-11-2-1-9-7-17(8-10(9)5-11)14(19)12-3-4-16-6-13(12)18/h1-6,18H,7-8,15H2. The van der Waals surface area contributed by atoms with E-state index in [1.807, 2.05) is 18.2 Å². The third kappa shape index (κ3) is 1.99. The molecule has 0 aliphatic carbocycles. The second-order valence-electron chi connectivity index (χ2n) is 4.58. The first kappa shape index (κ1) is 11.5. The normalized spacial score (nSPS) is 13.4. The minimum absolute atomic E-state index is 0.0945. The largest absolute Gasteiger partial charge is 0.505 e. The number of rotatable bonds is 1. The summed E-state index contributed by atoms with van der Waals surface area (Å²) in [4.78, 5) is 17.8. The predicted molar refractivity (Wildman–Crippen MR) is 70.3 cm³/mol. The van der Waals surface area contributed by atoms with Gasteiger partial charge in [0.1, 0.15) is 5.75 Å². The van der Waals surface area contributed by atoms with Gasteiger partial charge in [-0.3, -0.25) is 9.78 Å². The number of fused-ring (bicyclic) bond motifs is 1. The fourth-order valence-electron chi connectivity index (χ4n) is 2.30. The smallest absolute Gasteiger partial charge is 0.258 e. The average Bonchev–Trinajstić information content (AvgIpc) is 2.81. The highest BCUT2D eigenvalue weighted by Crippen LogP contribution is 2.27. The van der Waals surface area contributed by atoms with Gasteiger partial charge in [0.05, 0.1) is 11.8 Å². The van der Waals surface area contributed by atoms with Gasteiger partial charge in [-0.05, 0) is 29.3 Å². The third-order valence-corrected chi connectivity index (χ3v) is 3.27. The third-order valence-electron chi connectivity index (χ3n) is 3.27. The van der Waals surface area contributed by atoms with Gasteiger partial charge in [0, 0.05) is 25.0 Å². The molecule has 0 spiro atoms. The van der Waals surface area contributed by atoms with Crippen LogP contribution in [0.15, 0.2) is 36.7 Å². The second-order valence-corrected chi connectivity index (χ2v) is 4.58. The summed E-state index contributed by atoms with van der Waals surface area (Å²) >= 11 is 0. The van der Waals surface area contributed by atoms with Crippen molar-refractivity contribution in [1.82, 2.24) is 9.88 Å². The quantitative estimate of drug-likeness (QED) is 0.757. The first-order valence-electron chi connectivity index (χ1n) is 5.94. The van der Waals surface area contributed by atoms with Crippen LogP contribution in [-0.4, -0.2) is 20.9 Å². The number of aromatic hydroxyl groups is 1. The predicted octanol–water partition coefficient (Wildman–Crippen LogP) is 1.53. The molecule has 5 nitrogen and oxygen atoms in total. The molecule has 0 bridgehead atoms. The Morgan fingerprint density at radius 1 is 1.26 bits per heavy atom. The number of benzene rings is 1. The Labute approximate surface area is 110 Å². The fraction of sp³-hybridized carbons (Fsp3) is 0.143. The van der Waals surface area contributed by atoms with E-state index < -0.39 is 0 Å². The molecular weight excluding hydrogens is 242 g/mol. The maximum absolute atomic E-state index is 12.3. The van der Waals surface area contributed by atoms with Gasteiger partial charge in [0.2, 0.25) is 0 Å². The number of nitrogens with zero attached hydrogens (tertiary/aromatic N) is 2. The van der Waals surface area contributed by atoms with Crippen molar-refractivity contribution < 1.29 is 9.90 Å². The van der Waals surface area contributed by atoms with Crippen LogP contribution in [0.4, 0.5) is 5.69 Å². The topological polar surface area (TPSA) is 79.5 Å². The Hall–Kier alpha value is -2.56. The molecule has 0 fully saturated rings.